The van der Waals surface area contributed by atoms with Gasteiger partial charge in [-0.25, -0.2) is 9.18 Å². The molecule has 5 rings (SSSR count). The predicted molar refractivity (Wildman–Crippen MR) is 133 cm³/mol. The average Bonchev–Trinajstić information content (AvgIpc) is 3.26. The van der Waals surface area contributed by atoms with E-state index in [1.807, 2.05) is 13.1 Å². The van der Waals surface area contributed by atoms with Crippen LogP contribution >= 0.6 is 11.3 Å². The van der Waals surface area contributed by atoms with Crippen molar-refractivity contribution in [3.8, 4) is 0 Å². The summed E-state index contributed by atoms with van der Waals surface area (Å²) < 4.78 is 20.3. The van der Waals surface area contributed by atoms with Crippen molar-refractivity contribution in [1.29, 1.82) is 0 Å². The van der Waals surface area contributed by atoms with Crippen LogP contribution in [-0.2, 0) is 16.1 Å². The van der Waals surface area contributed by atoms with Crippen LogP contribution in [0, 0.1) is 33.7 Å². The highest BCUT2D eigenvalue weighted by molar-refractivity contribution is 7.15. The first kappa shape index (κ1) is 24.4. The van der Waals surface area contributed by atoms with E-state index in [1.54, 1.807) is 18.2 Å². The number of ether oxygens (including phenoxy) is 1. The van der Waals surface area contributed by atoms with Crippen LogP contribution in [0.15, 0.2) is 30.3 Å². The maximum atomic E-state index is 15.1. The summed E-state index contributed by atoms with van der Waals surface area (Å²) in [7, 11) is 2.03. The topological polar surface area (TPSA) is 108 Å². The lowest BCUT2D eigenvalue weighted by atomic mass is 10.2. The number of piperidine rings is 1. The molecule has 3 atom stereocenters. The SMILES string of the molecule is CC(=O)NC[C@H]1CN(c2ccc(N3CC4C(CN(C)Cc5ccc([N+](=O)[O-])s5)C4C3)c(F)c2)C(=O)O1. The Morgan fingerprint density at radius 3 is 2.67 bits per heavy atom. The number of nitrogens with one attached hydrogen (secondary N) is 1. The van der Waals surface area contributed by atoms with E-state index in [2.05, 4.69) is 15.1 Å². The van der Waals surface area contributed by atoms with Crippen molar-refractivity contribution in [2.24, 2.45) is 17.8 Å². The number of hydrogen-bond donors (Lipinski definition) is 1. The van der Waals surface area contributed by atoms with Gasteiger partial charge in [-0.2, -0.15) is 0 Å². The van der Waals surface area contributed by atoms with Gasteiger partial charge in [0.15, 0.2) is 0 Å². The molecule has 0 spiro atoms. The Morgan fingerprint density at radius 2 is 2.03 bits per heavy atom. The summed E-state index contributed by atoms with van der Waals surface area (Å²) in [4.78, 5) is 40.5. The van der Waals surface area contributed by atoms with Crippen molar-refractivity contribution in [1.82, 2.24) is 10.2 Å². The number of fused-ring (bicyclic) bond motifs is 1. The standard InChI is InChI=1S/C24H28FN5O5S/c1-14(31)26-8-16-9-29(24(32)35-16)15-3-5-22(21(25)7-15)28-12-19-18(20(19)13-28)11-27(2)10-17-4-6-23(36-17)30(33)34/h3-7,16,18-20H,8-13H2,1-2H3,(H,26,31)/t16-,18?,19?,20?/m0/s1. The lowest BCUT2D eigenvalue weighted by Crippen LogP contribution is -2.33. The Bertz CT molecular complexity index is 1180. The van der Waals surface area contributed by atoms with Crippen molar-refractivity contribution in [2.45, 2.75) is 19.6 Å². The first-order valence-electron chi connectivity index (χ1n) is 11.9. The van der Waals surface area contributed by atoms with Crippen LogP contribution < -0.4 is 15.1 Å². The van der Waals surface area contributed by atoms with Crippen LogP contribution in [0.3, 0.4) is 0 Å². The number of hydrogen-bond acceptors (Lipinski definition) is 8. The van der Waals surface area contributed by atoms with Crippen LogP contribution in [0.5, 0.6) is 0 Å². The third kappa shape index (κ3) is 5.00. The van der Waals surface area contributed by atoms with E-state index in [-0.39, 0.29) is 34.7 Å². The van der Waals surface area contributed by atoms with Gasteiger partial charge in [0.2, 0.25) is 5.91 Å². The summed E-state index contributed by atoms with van der Waals surface area (Å²) in [6, 6.07) is 8.18. The molecule has 1 aromatic heterocycles. The first-order valence-corrected chi connectivity index (χ1v) is 12.7. The van der Waals surface area contributed by atoms with Gasteiger partial charge in [0.05, 0.1) is 29.4 Å². The molecule has 36 heavy (non-hydrogen) atoms. The van der Waals surface area contributed by atoms with Gasteiger partial charge in [0, 0.05) is 44.0 Å². The molecular weight excluding hydrogens is 489 g/mol. The van der Waals surface area contributed by atoms with Crippen molar-refractivity contribution in [3.05, 3.63) is 51.1 Å². The second kappa shape index (κ2) is 9.66. The fourth-order valence-corrected chi connectivity index (χ4v) is 6.27. The molecule has 3 aliphatic rings. The monoisotopic (exact) mass is 517 g/mol. The van der Waals surface area contributed by atoms with Gasteiger partial charge in [-0.15, -0.1) is 0 Å². The third-order valence-electron chi connectivity index (χ3n) is 7.18. The molecule has 12 heteroatoms. The number of nitro groups is 1. The molecule has 2 saturated heterocycles. The van der Waals surface area contributed by atoms with E-state index in [0.717, 1.165) is 24.5 Å². The van der Waals surface area contributed by atoms with E-state index in [9.17, 15) is 19.7 Å². The number of rotatable bonds is 9. The number of amides is 2. The fraction of sp³-hybridized carbons (Fsp3) is 0.500. The fourth-order valence-electron chi connectivity index (χ4n) is 5.37. The van der Waals surface area contributed by atoms with E-state index in [1.165, 1.54) is 29.2 Å². The average molecular weight is 518 g/mol. The molecule has 0 bridgehead atoms. The minimum Gasteiger partial charge on any atom is -0.442 e. The second-order valence-electron chi connectivity index (χ2n) is 9.78. The van der Waals surface area contributed by atoms with E-state index in [0.29, 0.717) is 35.7 Å². The first-order chi connectivity index (χ1) is 17.2. The molecule has 10 nitrogen and oxygen atoms in total. The Kier molecular flexibility index (Phi) is 6.56. The number of carbonyl (C=O) groups is 2. The van der Waals surface area contributed by atoms with Crippen molar-refractivity contribution in [3.63, 3.8) is 0 Å². The molecule has 2 aromatic rings. The Balaban J connectivity index is 1.13. The molecule has 3 fully saturated rings. The second-order valence-corrected chi connectivity index (χ2v) is 10.9. The lowest BCUT2D eigenvalue weighted by Gasteiger charge is -2.25. The molecular formula is C24H28FN5O5S. The zero-order chi connectivity index (χ0) is 25.6. The highest BCUT2D eigenvalue weighted by atomic mass is 32.1. The molecule has 1 aromatic carbocycles. The number of benzene rings is 1. The maximum absolute atomic E-state index is 15.1. The quantitative estimate of drug-likeness (QED) is 0.402. The largest absolute Gasteiger partial charge is 0.442 e. The molecule has 1 saturated carbocycles. The highest BCUT2D eigenvalue weighted by Crippen LogP contribution is 2.53. The molecule has 0 radical (unpaired) electrons. The summed E-state index contributed by atoms with van der Waals surface area (Å²) >= 11 is 1.21. The molecule has 2 amide bonds. The Labute approximate surface area is 211 Å². The summed E-state index contributed by atoms with van der Waals surface area (Å²) in [6.07, 6.45) is -1.02. The lowest BCUT2D eigenvalue weighted by molar-refractivity contribution is -0.380. The molecule has 1 N–H and O–H groups in total. The number of nitrogens with zero attached hydrogens (tertiary/aromatic N) is 4. The van der Waals surface area contributed by atoms with Crippen LogP contribution in [0.4, 0.5) is 25.6 Å². The van der Waals surface area contributed by atoms with Crippen LogP contribution in [0.1, 0.15) is 11.8 Å². The van der Waals surface area contributed by atoms with Gasteiger partial charge in [0.25, 0.3) is 0 Å². The Hall–Kier alpha value is -3.25. The molecule has 1 aliphatic carbocycles. The zero-order valence-electron chi connectivity index (χ0n) is 20.1. The summed E-state index contributed by atoms with van der Waals surface area (Å²) in [5.74, 6) is 0.981. The molecule has 192 valence electrons. The van der Waals surface area contributed by atoms with Crippen LogP contribution in [0.25, 0.3) is 0 Å². The van der Waals surface area contributed by atoms with Crippen LogP contribution in [-0.4, -0.2) is 67.7 Å². The van der Waals surface area contributed by atoms with Gasteiger partial charge >= 0.3 is 11.1 Å². The Morgan fingerprint density at radius 1 is 1.28 bits per heavy atom. The van der Waals surface area contributed by atoms with Gasteiger partial charge in [-0.1, -0.05) is 11.3 Å². The van der Waals surface area contributed by atoms with E-state index in [4.69, 9.17) is 4.74 Å². The van der Waals surface area contributed by atoms with Crippen LogP contribution in [0.2, 0.25) is 0 Å². The minimum absolute atomic E-state index is 0.164. The summed E-state index contributed by atoms with van der Waals surface area (Å²) in [6.45, 7) is 5.03. The number of halogens is 1. The molecule has 2 unspecified atom stereocenters. The van der Waals surface area contributed by atoms with Crippen molar-refractivity contribution < 1.29 is 23.6 Å². The van der Waals surface area contributed by atoms with Crippen molar-refractivity contribution >= 4 is 39.7 Å². The maximum Gasteiger partial charge on any atom is 0.414 e. The van der Waals surface area contributed by atoms with Gasteiger partial charge in [-0.05, 0) is 49.1 Å². The number of cyclic esters (lactones) is 1. The van der Waals surface area contributed by atoms with E-state index < -0.39 is 12.2 Å². The third-order valence-corrected chi connectivity index (χ3v) is 8.21. The molecule has 3 heterocycles. The smallest absolute Gasteiger partial charge is 0.414 e. The normalized spacial score (nSPS) is 24.7. The minimum atomic E-state index is -0.552. The van der Waals surface area contributed by atoms with Crippen molar-refractivity contribution in [2.75, 3.05) is 49.6 Å². The highest BCUT2D eigenvalue weighted by Gasteiger charge is 2.55. The number of thiophene rings is 1. The van der Waals surface area contributed by atoms with Gasteiger partial charge < -0.3 is 19.9 Å². The summed E-state index contributed by atoms with van der Waals surface area (Å²) in [5, 5.41) is 13.7. The predicted octanol–water partition coefficient (Wildman–Crippen LogP) is 3.07. The zero-order valence-corrected chi connectivity index (χ0v) is 20.9. The van der Waals surface area contributed by atoms with E-state index >= 15 is 4.39 Å². The van der Waals surface area contributed by atoms with Gasteiger partial charge in [0.1, 0.15) is 11.9 Å². The molecule has 2 aliphatic heterocycles. The number of carbonyl (C=O) groups excluding carboxylic acids is 2. The summed E-state index contributed by atoms with van der Waals surface area (Å²) in [5.41, 5.74) is 0.968. The van der Waals surface area contributed by atoms with Gasteiger partial charge in [-0.3, -0.25) is 19.8 Å². The number of anilines is 2.